The summed E-state index contributed by atoms with van der Waals surface area (Å²) in [5.74, 6) is 0.720. The summed E-state index contributed by atoms with van der Waals surface area (Å²) in [6, 6.07) is 12.2. The van der Waals surface area contributed by atoms with E-state index in [1.54, 1.807) is 12.4 Å². The van der Waals surface area contributed by atoms with Crippen molar-refractivity contribution in [2.75, 3.05) is 0 Å². The van der Waals surface area contributed by atoms with Crippen LogP contribution in [-0.2, 0) is 16.6 Å². The van der Waals surface area contributed by atoms with Gasteiger partial charge in [-0.2, -0.15) is 0 Å². The number of carbonyl (C=O) groups is 1. The molecule has 1 aliphatic rings. The summed E-state index contributed by atoms with van der Waals surface area (Å²) in [5.41, 5.74) is 2.70. The molecule has 3 heteroatoms. The van der Waals surface area contributed by atoms with E-state index in [2.05, 4.69) is 29.2 Å². The maximum atomic E-state index is 12.1. The fraction of sp³-hybridized carbons (Fsp3) is 0.333. The van der Waals surface area contributed by atoms with Crippen LogP contribution in [0.2, 0.25) is 0 Å². The van der Waals surface area contributed by atoms with Gasteiger partial charge in [0.15, 0.2) is 0 Å². The molecule has 3 rings (SSSR count). The smallest absolute Gasteiger partial charge is 0.232 e. The molecule has 1 fully saturated rings. The Kier molecular flexibility index (Phi) is 3.81. The first kappa shape index (κ1) is 14.3. The molecule has 1 aromatic heterocycles. The first-order valence-electron chi connectivity index (χ1n) is 7.29. The van der Waals surface area contributed by atoms with Crippen molar-refractivity contribution in [1.29, 1.82) is 0 Å². The summed E-state index contributed by atoms with van der Waals surface area (Å²) in [5, 5.41) is -0.321. The Balaban J connectivity index is 1.90. The van der Waals surface area contributed by atoms with Gasteiger partial charge < -0.3 is 0 Å². The van der Waals surface area contributed by atoms with E-state index < -0.39 is 5.41 Å². The van der Waals surface area contributed by atoms with Crippen molar-refractivity contribution in [2.45, 2.75) is 37.5 Å². The Morgan fingerprint density at radius 3 is 2.33 bits per heavy atom. The lowest BCUT2D eigenvalue weighted by molar-refractivity contribution is -0.116. The van der Waals surface area contributed by atoms with Crippen LogP contribution >= 0.6 is 11.6 Å². The second-order valence-electron chi connectivity index (χ2n) is 6.03. The molecule has 21 heavy (non-hydrogen) atoms. The molecule has 108 valence electrons. The van der Waals surface area contributed by atoms with Crippen LogP contribution in [0.3, 0.4) is 0 Å². The summed E-state index contributed by atoms with van der Waals surface area (Å²) < 4.78 is 0. The van der Waals surface area contributed by atoms with E-state index in [0.717, 1.165) is 17.0 Å². The molecule has 0 aliphatic heterocycles. The zero-order chi connectivity index (χ0) is 14.9. The van der Waals surface area contributed by atoms with Gasteiger partial charge >= 0.3 is 0 Å². The third-order valence-corrected chi connectivity index (χ3v) is 4.75. The van der Waals surface area contributed by atoms with Crippen LogP contribution in [-0.4, -0.2) is 10.2 Å². The van der Waals surface area contributed by atoms with Crippen LogP contribution in [0.4, 0.5) is 0 Å². The highest BCUT2D eigenvalue weighted by atomic mass is 35.5. The number of rotatable bonds is 5. The molecule has 1 heterocycles. The second-order valence-corrected chi connectivity index (χ2v) is 6.38. The maximum absolute atomic E-state index is 12.1. The third-order valence-electron chi connectivity index (χ3n) is 4.34. The highest BCUT2D eigenvalue weighted by Crippen LogP contribution is 2.41. The molecule has 1 saturated carbocycles. The fourth-order valence-corrected chi connectivity index (χ4v) is 2.91. The number of benzene rings is 1. The fourth-order valence-electron chi connectivity index (χ4n) is 2.73. The van der Waals surface area contributed by atoms with E-state index in [4.69, 9.17) is 11.6 Å². The van der Waals surface area contributed by atoms with E-state index in [0.29, 0.717) is 6.42 Å². The van der Waals surface area contributed by atoms with Crippen molar-refractivity contribution in [2.24, 2.45) is 0 Å². The van der Waals surface area contributed by atoms with Crippen LogP contribution in [0.25, 0.3) is 0 Å². The van der Waals surface area contributed by atoms with Crippen molar-refractivity contribution >= 4 is 16.8 Å². The summed E-state index contributed by atoms with van der Waals surface area (Å²) in [6.45, 7) is 1.91. The molecular weight excluding hydrogens is 282 g/mol. The van der Waals surface area contributed by atoms with Gasteiger partial charge in [-0.05, 0) is 72.5 Å². The minimum atomic E-state index is -0.703. The van der Waals surface area contributed by atoms with Gasteiger partial charge in [0.2, 0.25) is 5.24 Å². The van der Waals surface area contributed by atoms with Gasteiger partial charge in [0.25, 0.3) is 0 Å². The molecule has 0 amide bonds. The molecule has 2 nitrogen and oxygen atoms in total. The maximum Gasteiger partial charge on any atom is 0.232 e. The molecule has 1 atom stereocenters. The van der Waals surface area contributed by atoms with Crippen LogP contribution in [0.1, 0.15) is 42.4 Å². The predicted molar refractivity (Wildman–Crippen MR) is 84.6 cm³/mol. The van der Waals surface area contributed by atoms with Crippen LogP contribution in [0.5, 0.6) is 0 Å². The molecule has 1 aromatic carbocycles. The van der Waals surface area contributed by atoms with Crippen LogP contribution in [0, 0.1) is 0 Å². The quantitative estimate of drug-likeness (QED) is 0.774. The molecule has 1 aliphatic carbocycles. The summed E-state index contributed by atoms with van der Waals surface area (Å²) in [4.78, 5) is 16.1. The van der Waals surface area contributed by atoms with Gasteiger partial charge in [-0.25, -0.2) is 0 Å². The van der Waals surface area contributed by atoms with Crippen molar-refractivity contribution in [3.8, 4) is 0 Å². The van der Waals surface area contributed by atoms with E-state index in [1.165, 1.54) is 18.4 Å². The Labute approximate surface area is 130 Å². The highest BCUT2D eigenvalue weighted by molar-refractivity contribution is 6.65. The first-order valence-corrected chi connectivity index (χ1v) is 7.67. The number of halogens is 1. The van der Waals surface area contributed by atoms with Crippen molar-refractivity contribution in [3.63, 3.8) is 0 Å². The van der Waals surface area contributed by atoms with Crippen molar-refractivity contribution in [1.82, 2.24) is 4.98 Å². The average molecular weight is 300 g/mol. The molecule has 0 spiro atoms. The SMILES string of the molecule is CC(Cc1ccncc1)(C(=O)Cl)c1ccc(C2CC2)cc1. The standard InChI is InChI=1S/C18H18ClNO/c1-18(17(19)21,12-13-8-10-20-11-9-13)16-6-4-15(5-7-16)14-2-3-14/h4-11,14H,2-3,12H2,1H3. The monoisotopic (exact) mass is 299 g/mol. The molecule has 2 aromatic rings. The lowest BCUT2D eigenvalue weighted by Gasteiger charge is -2.26. The van der Waals surface area contributed by atoms with E-state index in [-0.39, 0.29) is 5.24 Å². The number of aromatic nitrogens is 1. The molecule has 1 unspecified atom stereocenters. The zero-order valence-corrected chi connectivity index (χ0v) is 12.8. The first-order chi connectivity index (χ1) is 10.1. The van der Waals surface area contributed by atoms with Crippen molar-refractivity contribution < 1.29 is 4.79 Å². The predicted octanol–water partition coefficient (Wildman–Crippen LogP) is 4.22. The lowest BCUT2D eigenvalue weighted by atomic mass is 9.78. The molecule has 0 bridgehead atoms. The molecule has 0 N–H and O–H groups in total. The summed E-state index contributed by atoms with van der Waals surface area (Å²) in [7, 11) is 0. The lowest BCUT2D eigenvalue weighted by Crippen LogP contribution is -2.31. The van der Waals surface area contributed by atoms with Gasteiger partial charge in [0.1, 0.15) is 0 Å². The van der Waals surface area contributed by atoms with E-state index >= 15 is 0 Å². The number of carbonyl (C=O) groups excluding carboxylic acids is 1. The largest absolute Gasteiger partial charge is 0.280 e. The zero-order valence-electron chi connectivity index (χ0n) is 12.1. The Bertz CT molecular complexity index is 634. The Morgan fingerprint density at radius 2 is 1.81 bits per heavy atom. The minimum absolute atomic E-state index is 0.321. The van der Waals surface area contributed by atoms with Crippen LogP contribution < -0.4 is 0 Å². The van der Waals surface area contributed by atoms with Gasteiger partial charge in [-0.1, -0.05) is 24.3 Å². The summed E-state index contributed by atoms with van der Waals surface area (Å²) in [6.07, 6.45) is 6.63. The topological polar surface area (TPSA) is 30.0 Å². The van der Waals surface area contributed by atoms with E-state index in [1.807, 2.05) is 19.1 Å². The minimum Gasteiger partial charge on any atom is -0.280 e. The Hall–Kier alpha value is -1.67. The number of nitrogens with zero attached hydrogens (tertiary/aromatic N) is 1. The average Bonchev–Trinajstić information content (AvgIpc) is 3.33. The number of pyridine rings is 1. The Morgan fingerprint density at radius 1 is 1.19 bits per heavy atom. The van der Waals surface area contributed by atoms with Gasteiger partial charge in [-0.15, -0.1) is 0 Å². The van der Waals surface area contributed by atoms with Gasteiger partial charge in [0.05, 0.1) is 5.41 Å². The van der Waals surface area contributed by atoms with E-state index in [9.17, 15) is 4.79 Å². The normalized spacial score (nSPS) is 17.2. The number of hydrogen-bond acceptors (Lipinski definition) is 2. The van der Waals surface area contributed by atoms with Gasteiger partial charge in [-0.3, -0.25) is 9.78 Å². The third kappa shape index (κ3) is 3.01. The van der Waals surface area contributed by atoms with Crippen molar-refractivity contribution in [3.05, 3.63) is 65.5 Å². The second kappa shape index (κ2) is 5.61. The molecule has 0 saturated heterocycles. The number of hydrogen-bond donors (Lipinski definition) is 0. The molecule has 0 radical (unpaired) electrons. The van der Waals surface area contributed by atoms with Crippen LogP contribution in [0.15, 0.2) is 48.8 Å². The van der Waals surface area contributed by atoms with Gasteiger partial charge in [0, 0.05) is 12.4 Å². The highest BCUT2D eigenvalue weighted by Gasteiger charge is 2.34. The summed E-state index contributed by atoms with van der Waals surface area (Å²) >= 11 is 5.93. The molecular formula is C18H18ClNO.